The van der Waals surface area contributed by atoms with Crippen LogP contribution in [0.5, 0.6) is 11.5 Å². The molecule has 4 aromatic rings. The van der Waals surface area contributed by atoms with Gasteiger partial charge in [-0.25, -0.2) is 4.98 Å². The molecule has 1 amide bonds. The first kappa shape index (κ1) is 20.1. The molecule has 1 heterocycles. The maximum Gasteiger partial charge on any atom is 0.263 e. The Hall–Kier alpha value is -3.22. The number of ether oxygens (including phenoxy) is 2. The molecule has 6 nitrogen and oxygen atoms in total. The molecule has 0 saturated carbocycles. The molecule has 8 heteroatoms. The molecular weight excluding hydrogens is 427 g/mol. The van der Waals surface area contributed by atoms with Gasteiger partial charge < -0.3 is 19.2 Å². The highest BCUT2D eigenvalue weighted by Gasteiger charge is 2.20. The van der Waals surface area contributed by atoms with Crippen molar-refractivity contribution in [3.63, 3.8) is 0 Å². The number of aromatic nitrogens is 1. The Morgan fingerprint density at radius 2 is 1.73 bits per heavy atom. The van der Waals surface area contributed by atoms with Crippen LogP contribution in [0.15, 0.2) is 59.0 Å². The average molecular weight is 443 g/mol. The molecular formula is C22H16Cl2N2O4. The molecule has 30 heavy (non-hydrogen) atoms. The zero-order chi connectivity index (χ0) is 21.3. The number of carbonyl (C=O) groups is 1. The molecule has 0 radical (unpaired) electrons. The van der Waals surface area contributed by atoms with E-state index >= 15 is 0 Å². The van der Waals surface area contributed by atoms with Gasteiger partial charge in [-0.05, 0) is 48.5 Å². The normalized spacial score (nSPS) is 10.8. The third-order valence-electron chi connectivity index (χ3n) is 4.47. The van der Waals surface area contributed by atoms with E-state index in [-0.39, 0.29) is 5.56 Å². The van der Waals surface area contributed by atoms with Gasteiger partial charge in [0.2, 0.25) is 5.89 Å². The molecule has 0 atom stereocenters. The predicted octanol–water partition coefficient (Wildman–Crippen LogP) is 6.07. The first-order chi connectivity index (χ1) is 14.5. The van der Waals surface area contributed by atoms with Crippen LogP contribution in [0.2, 0.25) is 10.0 Å². The smallest absolute Gasteiger partial charge is 0.263 e. The molecule has 0 aliphatic heterocycles. The summed E-state index contributed by atoms with van der Waals surface area (Å²) < 4.78 is 16.4. The minimum absolute atomic E-state index is 0.264. The van der Waals surface area contributed by atoms with E-state index < -0.39 is 5.91 Å². The van der Waals surface area contributed by atoms with Crippen molar-refractivity contribution in [2.45, 2.75) is 0 Å². The number of hydrogen-bond donors (Lipinski definition) is 1. The minimum atomic E-state index is -0.423. The molecule has 0 unspecified atom stereocenters. The molecule has 1 N–H and O–H groups in total. The van der Waals surface area contributed by atoms with Crippen LogP contribution < -0.4 is 14.8 Å². The van der Waals surface area contributed by atoms with Gasteiger partial charge in [0.25, 0.3) is 5.91 Å². The lowest BCUT2D eigenvalue weighted by atomic mass is 10.1. The molecule has 0 fully saturated rings. The second-order valence-electron chi connectivity index (χ2n) is 6.32. The Morgan fingerprint density at radius 1 is 1.00 bits per heavy atom. The Balaban J connectivity index is 1.70. The molecule has 0 spiro atoms. The van der Waals surface area contributed by atoms with E-state index in [4.69, 9.17) is 37.1 Å². The number of benzene rings is 3. The van der Waals surface area contributed by atoms with E-state index in [1.165, 1.54) is 14.2 Å². The molecule has 0 aliphatic rings. The van der Waals surface area contributed by atoms with Crippen LogP contribution in [0.3, 0.4) is 0 Å². The van der Waals surface area contributed by atoms with Crippen LogP contribution in [0, 0.1) is 0 Å². The minimum Gasteiger partial charge on any atom is -0.496 e. The summed E-state index contributed by atoms with van der Waals surface area (Å²) in [7, 11) is 2.97. The number of oxazole rings is 1. The van der Waals surface area contributed by atoms with Gasteiger partial charge in [0.05, 0.1) is 24.9 Å². The van der Waals surface area contributed by atoms with E-state index in [9.17, 15) is 4.79 Å². The Labute approximate surface area is 182 Å². The average Bonchev–Trinajstić information content (AvgIpc) is 3.17. The third kappa shape index (κ3) is 3.79. The molecule has 0 aliphatic carbocycles. The van der Waals surface area contributed by atoms with Gasteiger partial charge in [-0.15, -0.1) is 0 Å². The second kappa shape index (κ2) is 8.26. The lowest BCUT2D eigenvalue weighted by Gasteiger charge is -2.14. The first-order valence-corrected chi connectivity index (χ1v) is 9.64. The number of nitrogens with zero attached hydrogens (tertiary/aromatic N) is 1. The Morgan fingerprint density at radius 3 is 2.43 bits per heavy atom. The van der Waals surface area contributed by atoms with Crippen molar-refractivity contribution in [1.29, 1.82) is 0 Å². The van der Waals surface area contributed by atoms with E-state index in [1.807, 2.05) is 0 Å². The van der Waals surface area contributed by atoms with Crippen molar-refractivity contribution < 1.29 is 18.7 Å². The highest BCUT2D eigenvalue weighted by Crippen LogP contribution is 2.33. The Bertz CT molecular complexity index is 1230. The van der Waals surface area contributed by atoms with Gasteiger partial charge in [-0.1, -0.05) is 29.3 Å². The fourth-order valence-corrected chi connectivity index (χ4v) is 3.37. The largest absolute Gasteiger partial charge is 0.496 e. The molecule has 0 bridgehead atoms. The van der Waals surface area contributed by atoms with Crippen molar-refractivity contribution in [1.82, 2.24) is 4.98 Å². The van der Waals surface area contributed by atoms with Gasteiger partial charge >= 0.3 is 0 Å². The summed E-state index contributed by atoms with van der Waals surface area (Å²) in [5, 5.41) is 3.74. The lowest BCUT2D eigenvalue weighted by molar-refractivity contribution is 0.102. The summed E-state index contributed by atoms with van der Waals surface area (Å²) in [6.07, 6.45) is 0. The van der Waals surface area contributed by atoms with Crippen LogP contribution in [-0.2, 0) is 0 Å². The van der Waals surface area contributed by atoms with Gasteiger partial charge in [-0.2, -0.15) is 0 Å². The predicted molar refractivity (Wildman–Crippen MR) is 117 cm³/mol. The summed E-state index contributed by atoms with van der Waals surface area (Å²) in [5.41, 5.74) is 2.55. The number of amides is 1. The van der Waals surface area contributed by atoms with Crippen molar-refractivity contribution in [2.24, 2.45) is 0 Å². The Kier molecular flexibility index (Phi) is 5.53. The van der Waals surface area contributed by atoms with Crippen LogP contribution in [0.1, 0.15) is 10.4 Å². The van der Waals surface area contributed by atoms with Gasteiger partial charge in [0.15, 0.2) is 5.58 Å². The monoisotopic (exact) mass is 442 g/mol. The fourth-order valence-electron chi connectivity index (χ4n) is 3.04. The topological polar surface area (TPSA) is 73.6 Å². The number of carbonyl (C=O) groups excluding carboxylic acids is 1. The maximum absolute atomic E-state index is 13.0. The molecule has 3 aromatic carbocycles. The van der Waals surface area contributed by atoms with Crippen LogP contribution in [0.4, 0.5) is 5.69 Å². The van der Waals surface area contributed by atoms with E-state index in [2.05, 4.69) is 10.3 Å². The van der Waals surface area contributed by atoms with Gasteiger partial charge in [-0.3, -0.25) is 4.79 Å². The molecule has 4 rings (SSSR count). The van der Waals surface area contributed by atoms with Crippen LogP contribution in [-0.4, -0.2) is 25.1 Å². The number of anilines is 1. The van der Waals surface area contributed by atoms with Crippen LogP contribution in [0.25, 0.3) is 22.6 Å². The zero-order valence-corrected chi connectivity index (χ0v) is 17.5. The van der Waals surface area contributed by atoms with Gasteiger partial charge in [0.1, 0.15) is 22.6 Å². The summed E-state index contributed by atoms with van der Waals surface area (Å²) in [5.74, 6) is 0.729. The van der Waals surface area contributed by atoms with E-state index in [0.717, 1.165) is 0 Å². The van der Waals surface area contributed by atoms with Crippen molar-refractivity contribution >= 4 is 45.9 Å². The highest BCUT2D eigenvalue weighted by molar-refractivity contribution is 6.34. The summed E-state index contributed by atoms with van der Waals surface area (Å²) in [6.45, 7) is 0. The molecule has 0 saturated heterocycles. The number of fused-ring (bicyclic) bond motifs is 1. The SMILES string of the molecule is COc1cccc(OC)c1C(=O)Nc1cc(-c2nc3cc(Cl)ccc3o2)ccc1Cl. The van der Waals surface area contributed by atoms with Gasteiger partial charge in [0, 0.05) is 10.6 Å². The lowest BCUT2D eigenvalue weighted by Crippen LogP contribution is -2.15. The number of methoxy groups -OCH3 is 2. The molecule has 152 valence electrons. The summed E-state index contributed by atoms with van der Waals surface area (Å²) >= 11 is 12.3. The fraction of sp³-hybridized carbons (Fsp3) is 0.0909. The summed E-state index contributed by atoms with van der Waals surface area (Å²) in [4.78, 5) is 17.4. The standard InChI is InChI=1S/C22H16Cl2N2O4/c1-28-18-4-3-5-19(29-2)20(18)21(27)25-15-10-12(6-8-14(15)24)22-26-16-11-13(23)7-9-17(16)30-22/h3-11H,1-2H3,(H,25,27). The summed E-state index contributed by atoms with van der Waals surface area (Å²) in [6, 6.07) is 15.4. The second-order valence-corrected chi connectivity index (χ2v) is 7.16. The van der Waals surface area contributed by atoms with Crippen molar-refractivity contribution in [2.75, 3.05) is 19.5 Å². The number of hydrogen-bond acceptors (Lipinski definition) is 5. The number of rotatable bonds is 5. The quantitative estimate of drug-likeness (QED) is 0.405. The van der Waals surface area contributed by atoms with Crippen molar-refractivity contribution in [3.8, 4) is 23.0 Å². The highest BCUT2D eigenvalue weighted by atomic mass is 35.5. The first-order valence-electron chi connectivity index (χ1n) is 8.88. The molecule has 1 aromatic heterocycles. The third-order valence-corrected chi connectivity index (χ3v) is 5.03. The van der Waals surface area contributed by atoms with Crippen LogP contribution >= 0.6 is 23.2 Å². The zero-order valence-electron chi connectivity index (χ0n) is 16.0. The van der Waals surface area contributed by atoms with E-state index in [0.29, 0.717) is 49.8 Å². The number of halogens is 2. The van der Waals surface area contributed by atoms with E-state index in [1.54, 1.807) is 54.6 Å². The maximum atomic E-state index is 13.0. The number of nitrogens with one attached hydrogen (secondary N) is 1. The van der Waals surface area contributed by atoms with Crippen molar-refractivity contribution in [3.05, 3.63) is 70.2 Å².